The zero-order chi connectivity index (χ0) is 14.4. The molecule has 0 saturated heterocycles. The van der Waals surface area contributed by atoms with Gasteiger partial charge in [0.2, 0.25) is 0 Å². The Kier molecular flexibility index (Phi) is 2.94. The van der Waals surface area contributed by atoms with Gasteiger partial charge in [-0.2, -0.15) is 0 Å². The molecule has 0 aliphatic carbocycles. The fourth-order valence-corrected chi connectivity index (χ4v) is 2.75. The van der Waals surface area contributed by atoms with Crippen molar-refractivity contribution in [3.8, 4) is 16.9 Å². The summed E-state index contributed by atoms with van der Waals surface area (Å²) in [5, 5.41) is 10.3. The highest BCUT2D eigenvalue weighted by molar-refractivity contribution is 6.32. The highest BCUT2D eigenvalue weighted by Crippen LogP contribution is 2.36. The number of nitrogens with zero attached hydrogens (tertiary/aromatic N) is 1. The number of phenols is 1. The Morgan fingerprint density at radius 1 is 1.15 bits per heavy atom. The van der Waals surface area contributed by atoms with Gasteiger partial charge < -0.3 is 10.0 Å². The number of benzene rings is 2. The van der Waals surface area contributed by atoms with Crippen LogP contribution in [0.1, 0.15) is 21.5 Å². The summed E-state index contributed by atoms with van der Waals surface area (Å²) in [5.41, 5.74) is 4.22. The molecule has 3 nitrogen and oxygen atoms in total. The fraction of sp³-hybridized carbons (Fsp3) is 0.188. The van der Waals surface area contributed by atoms with Crippen LogP contribution in [0.25, 0.3) is 11.1 Å². The molecule has 1 aliphatic heterocycles. The van der Waals surface area contributed by atoms with Crippen LogP contribution >= 0.6 is 11.6 Å². The van der Waals surface area contributed by atoms with Gasteiger partial charge >= 0.3 is 0 Å². The van der Waals surface area contributed by atoms with Crippen LogP contribution in [0.4, 0.5) is 0 Å². The number of amides is 1. The third kappa shape index (κ3) is 1.95. The third-order valence-electron chi connectivity index (χ3n) is 3.66. The van der Waals surface area contributed by atoms with Crippen molar-refractivity contribution in [3.05, 3.63) is 52.0 Å². The van der Waals surface area contributed by atoms with E-state index in [0.29, 0.717) is 17.1 Å². The number of aromatic hydroxyl groups is 1. The zero-order valence-electron chi connectivity index (χ0n) is 11.3. The van der Waals surface area contributed by atoms with E-state index in [9.17, 15) is 9.90 Å². The van der Waals surface area contributed by atoms with Crippen LogP contribution in [0.5, 0.6) is 5.75 Å². The lowest BCUT2D eigenvalue weighted by atomic mass is 9.95. The molecule has 0 saturated carbocycles. The minimum atomic E-state index is -0.0320. The van der Waals surface area contributed by atoms with Gasteiger partial charge in [0.25, 0.3) is 5.91 Å². The maximum Gasteiger partial charge on any atom is 0.254 e. The van der Waals surface area contributed by atoms with Gasteiger partial charge in [-0.25, -0.2) is 0 Å². The first kappa shape index (κ1) is 13.0. The molecule has 1 amide bonds. The Labute approximate surface area is 122 Å². The molecule has 0 fully saturated rings. The van der Waals surface area contributed by atoms with Crippen molar-refractivity contribution in [1.29, 1.82) is 0 Å². The lowest BCUT2D eigenvalue weighted by Crippen LogP contribution is -2.24. The molecule has 0 atom stereocenters. The molecule has 1 N–H and O–H groups in total. The van der Waals surface area contributed by atoms with E-state index < -0.39 is 0 Å². The topological polar surface area (TPSA) is 40.5 Å². The van der Waals surface area contributed by atoms with Gasteiger partial charge in [0, 0.05) is 24.2 Å². The molecule has 1 heterocycles. The number of carbonyl (C=O) groups is 1. The summed E-state index contributed by atoms with van der Waals surface area (Å²) in [5.74, 6) is 0.168. The standard InChI is InChI=1S/C16H14ClNO2/c1-9-5-14-13(7-15(9)17)12-4-3-11(19)6-10(12)8-18(2)16(14)20/h3-7,19H,8H2,1-2H3. The average Bonchev–Trinajstić information content (AvgIpc) is 2.49. The molecule has 1 aliphatic rings. The van der Waals surface area contributed by atoms with Gasteiger partial charge in [0.05, 0.1) is 0 Å². The van der Waals surface area contributed by atoms with Crippen molar-refractivity contribution in [1.82, 2.24) is 4.90 Å². The highest BCUT2D eigenvalue weighted by Gasteiger charge is 2.24. The van der Waals surface area contributed by atoms with Gasteiger partial charge in [-0.15, -0.1) is 0 Å². The number of hydrogen-bond acceptors (Lipinski definition) is 2. The molecule has 0 spiro atoms. The Bertz CT molecular complexity index is 725. The maximum atomic E-state index is 12.5. The smallest absolute Gasteiger partial charge is 0.254 e. The SMILES string of the molecule is Cc1cc2c(cc1Cl)-c1ccc(O)cc1CN(C)C2=O. The number of halogens is 1. The van der Waals surface area contributed by atoms with Gasteiger partial charge in [0.1, 0.15) is 5.75 Å². The van der Waals surface area contributed by atoms with Crippen molar-refractivity contribution in [2.45, 2.75) is 13.5 Å². The largest absolute Gasteiger partial charge is 0.508 e. The summed E-state index contributed by atoms with van der Waals surface area (Å²) in [6.45, 7) is 2.35. The zero-order valence-corrected chi connectivity index (χ0v) is 12.0. The van der Waals surface area contributed by atoms with Crippen LogP contribution in [-0.2, 0) is 6.54 Å². The fourth-order valence-electron chi connectivity index (χ4n) is 2.59. The van der Waals surface area contributed by atoms with E-state index in [4.69, 9.17) is 11.6 Å². The van der Waals surface area contributed by atoms with Crippen LogP contribution in [0.3, 0.4) is 0 Å². The van der Waals surface area contributed by atoms with Crippen LogP contribution in [0.2, 0.25) is 5.02 Å². The lowest BCUT2D eigenvalue weighted by molar-refractivity contribution is 0.0788. The third-order valence-corrected chi connectivity index (χ3v) is 4.07. The van der Waals surface area contributed by atoms with Crippen LogP contribution in [0.15, 0.2) is 30.3 Å². The Hall–Kier alpha value is -2.00. The minimum Gasteiger partial charge on any atom is -0.508 e. The molecular weight excluding hydrogens is 274 g/mol. The maximum absolute atomic E-state index is 12.5. The van der Waals surface area contributed by atoms with Crippen molar-refractivity contribution in [3.63, 3.8) is 0 Å². The van der Waals surface area contributed by atoms with E-state index in [2.05, 4.69) is 0 Å². The van der Waals surface area contributed by atoms with Crippen molar-refractivity contribution in [2.24, 2.45) is 0 Å². The molecule has 0 bridgehead atoms. The van der Waals surface area contributed by atoms with E-state index >= 15 is 0 Å². The monoisotopic (exact) mass is 287 g/mol. The summed E-state index contributed by atoms with van der Waals surface area (Å²) >= 11 is 6.21. The average molecular weight is 288 g/mol. The summed E-state index contributed by atoms with van der Waals surface area (Å²) in [6, 6.07) is 8.83. The minimum absolute atomic E-state index is 0.0320. The second-order valence-corrected chi connectivity index (χ2v) is 5.56. The summed E-state index contributed by atoms with van der Waals surface area (Å²) in [4.78, 5) is 14.1. The molecule has 0 radical (unpaired) electrons. The number of fused-ring (bicyclic) bond motifs is 3. The number of rotatable bonds is 0. The van der Waals surface area contributed by atoms with Gasteiger partial charge in [-0.1, -0.05) is 17.7 Å². The second kappa shape index (κ2) is 4.53. The van der Waals surface area contributed by atoms with Gasteiger partial charge in [0.15, 0.2) is 0 Å². The van der Waals surface area contributed by atoms with E-state index in [1.807, 2.05) is 25.1 Å². The van der Waals surface area contributed by atoms with Gasteiger partial charge in [-0.05, 0) is 53.4 Å². The predicted octanol–water partition coefficient (Wildman–Crippen LogP) is 3.61. The highest BCUT2D eigenvalue weighted by atomic mass is 35.5. The first-order valence-electron chi connectivity index (χ1n) is 6.35. The van der Waals surface area contributed by atoms with Crippen LogP contribution < -0.4 is 0 Å². The molecule has 2 aromatic rings. The molecule has 20 heavy (non-hydrogen) atoms. The van der Waals surface area contributed by atoms with Crippen molar-refractivity contribution in [2.75, 3.05) is 7.05 Å². The molecule has 0 aromatic heterocycles. The first-order chi connectivity index (χ1) is 9.47. The molecule has 0 unspecified atom stereocenters. The molecular formula is C16H14ClNO2. The Balaban J connectivity index is 2.35. The summed E-state index contributed by atoms with van der Waals surface area (Å²) in [6.07, 6.45) is 0. The number of hydrogen-bond donors (Lipinski definition) is 1. The van der Waals surface area contributed by atoms with E-state index in [-0.39, 0.29) is 11.7 Å². The quantitative estimate of drug-likeness (QED) is 0.804. The van der Waals surface area contributed by atoms with Crippen molar-refractivity contribution >= 4 is 17.5 Å². The van der Waals surface area contributed by atoms with E-state index in [0.717, 1.165) is 22.3 Å². The summed E-state index contributed by atoms with van der Waals surface area (Å²) in [7, 11) is 1.76. The normalized spacial score (nSPS) is 13.8. The van der Waals surface area contributed by atoms with Crippen molar-refractivity contribution < 1.29 is 9.90 Å². The molecule has 3 rings (SSSR count). The lowest BCUT2D eigenvalue weighted by Gasteiger charge is -2.15. The summed E-state index contributed by atoms with van der Waals surface area (Å²) < 4.78 is 0. The second-order valence-electron chi connectivity index (χ2n) is 5.15. The first-order valence-corrected chi connectivity index (χ1v) is 6.73. The van der Waals surface area contributed by atoms with Crippen LogP contribution in [-0.4, -0.2) is 23.0 Å². The van der Waals surface area contributed by atoms with E-state index in [1.165, 1.54) is 0 Å². The molecule has 2 aromatic carbocycles. The van der Waals surface area contributed by atoms with Gasteiger partial charge in [-0.3, -0.25) is 4.79 Å². The Morgan fingerprint density at radius 2 is 1.90 bits per heavy atom. The number of aryl methyl sites for hydroxylation is 1. The van der Waals surface area contributed by atoms with E-state index in [1.54, 1.807) is 24.1 Å². The van der Waals surface area contributed by atoms with Crippen LogP contribution in [0, 0.1) is 6.92 Å². The molecule has 102 valence electrons. The number of carbonyl (C=O) groups excluding carboxylic acids is 1. The Morgan fingerprint density at radius 3 is 2.65 bits per heavy atom. The number of phenolic OH excluding ortho intramolecular Hbond substituents is 1. The molecule has 4 heteroatoms. The predicted molar refractivity (Wildman–Crippen MR) is 79.1 cm³/mol.